The van der Waals surface area contributed by atoms with Gasteiger partial charge in [0.25, 0.3) is 10.1 Å². The maximum atomic E-state index is 11.0. The lowest BCUT2D eigenvalue weighted by Gasteiger charge is -2.27. The Balaban J connectivity index is 0.000000179. The highest BCUT2D eigenvalue weighted by atomic mass is 32.2. The quantitative estimate of drug-likeness (QED) is 0.298. The second kappa shape index (κ2) is 11.0. The molecule has 5 rings (SSSR count). The summed E-state index contributed by atoms with van der Waals surface area (Å²) in [6, 6.07) is 19.6. The zero-order valence-electron chi connectivity index (χ0n) is 19.5. The number of aromatic nitrogens is 2. The molecule has 1 aliphatic rings. The minimum Gasteiger partial charge on any atom is -0.383 e. The van der Waals surface area contributed by atoms with Gasteiger partial charge in [-0.1, -0.05) is 48.5 Å². The minimum absolute atomic E-state index is 0.0457. The molecule has 8 nitrogen and oxygen atoms in total. The van der Waals surface area contributed by atoms with E-state index in [0.717, 1.165) is 29.4 Å². The van der Waals surface area contributed by atoms with Crippen LogP contribution in [0.5, 0.6) is 0 Å². The third-order valence-electron chi connectivity index (χ3n) is 6.51. The number of hydrogen-bond donors (Lipinski definition) is 4. The van der Waals surface area contributed by atoms with Crippen LogP contribution in [-0.4, -0.2) is 36.0 Å². The first-order valence-electron chi connectivity index (χ1n) is 11.8. The first-order chi connectivity index (χ1) is 16.8. The van der Waals surface area contributed by atoms with E-state index in [9.17, 15) is 8.42 Å². The second-order valence-electron chi connectivity index (χ2n) is 8.91. The summed E-state index contributed by atoms with van der Waals surface area (Å²) in [5.74, 6) is 2.57. The Hall–Kier alpha value is -3.27. The molecule has 1 aliphatic carbocycles. The van der Waals surface area contributed by atoms with Crippen molar-refractivity contribution in [3.63, 3.8) is 0 Å². The van der Waals surface area contributed by atoms with Crippen molar-refractivity contribution in [1.82, 2.24) is 9.97 Å². The Morgan fingerprint density at radius 3 is 2.20 bits per heavy atom. The molecule has 0 atom stereocenters. The zero-order valence-corrected chi connectivity index (χ0v) is 20.3. The summed E-state index contributed by atoms with van der Waals surface area (Å²) >= 11 is 0. The van der Waals surface area contributed by atoms with E-state index in [1.807, 2.05) is 30.3 Å². The van der Waals surface area contributed by atoms with E-state index in [-0.39, 0.29) is 4.90 Å². The van der Waals surface area contributed by atoms with Crippen LogP contribution in [0.1, 0.15) is 25.7 Å². The summed E-state index contributed by atoms with van der Waals surface area (Å²) in [5.41, 5.74) is 12.6. The predicted octanol–water partition coefficient (Wildman–Crippen LogP) is 4.48. The van der Waals surface area contributed by atoms with Crippen LogP contribution in [0.25, 0.3) is 21.7 Å². The van der Waals surface area contributed by atoms with Crippen LogP contribution in [0.3, 0.4) is 0 Å². The van der Waals surface area contributed by atoms with Crippen molar-refractivity contribution in [2.45, 2.75) is 30.6 Å². The highest BCUT2D eigenvalue weighted by Gasteiger charge is 2.20. The summed E-state index contributed by atoms with van der Waals surface area (Å²) in [6.07, 6.45) is 4.95. The number of anilines is 2. The number of nitrogens with zero attached hydrogens (tertiary/aromatic N) is 2. The summed E-state index contributed by atoms with van der Waals surface area (Å²) in [4.78, 5) is 8.84. The molecule has 0 unspecified atom stereocenters. The lowest BCUT2D eigenvalue weighted by molar-refractivity contribution is 0.289. The number of para-hydroxylation sites is 1. The van der Waals surface area contributed by atoms with Crippen LogP contribution in [0.15, 0.2) is 71.6 Å². The Morgan fingerprint density at radius 1 is 0.857 bits per heavy atom. The van der Waals surface area contributed by atoms with E-state index < -0.39 is 10.1 Å². The highest BCUT2D eigenvalue weighted by molar-refractivity contribution is 7.86. The van der Waals surface area contributed by atoms with Crippen LogP contribution in [0.4, 0.5) is 11.8 Å². The van der Waals surface area contributed by atoms with E-state index in [1.54, 1.807) is 30.3 Å². The van der Waals surface area contributed by atoms with Crippen molar-refractivity contribution in [2.24, 2.45) is 17.6 Å². The molecular weight excluding hydrogens is 462 g/mol. The second-order valence-corrected chi connectivity index (χ2v) is 10.3. The largest absolute Gasteiger partial charge is 0.383 e. The average molecular weight is 494 g/mol. The van der Waals surface area contributed by atoms with Gasteiger partial charge in [0.2, 0.25) is 5.95 Å². The normalized spacial score (nSPS) is 18.1. The van der Waals surface area contributed by atoms with Gasteiger partial charge in [-0.25, -0.2) is 4.98 Å². The van der Waals surface area contributed by atoms with Crippen molar-refractivity contribution in [2.75, 3.05) is 24.1 Å². The monoisotopic (exact) mass is 493 g/mol. The van der Waals surface area contributed by atoms with Crippen LogP contribution in [0.2, 0.25) is 0 Å². The van der Waals surface area contributed by atoms with Gasteiger partial charge in [0.1, 0.15) is 10.7 Å². The number of nitrogen functional groups attached to an aromatic ring is 1. The molecule has 1 saturated carbocycles. The summed E-state index contributed by atoms with van der Waals surface area (Å²) in [7, 11) is -4.13. The molecule has 4 aromatic rings. The topological polar surface area (TPSA) is 144 Å². The molecule has 0 radical (unpaired) electrons. The fourth-order valence-electron chi connectivity index (χ4n) is 4.51. The van der Waals surface area contributed by atoms with E-state index in [0.29, 0.717) is 29.0 Å². The lowest BCUT2D eigenvalue weighted by atomic mass is 9.82. The van der Waals surface area contributed by atoms with Gasteiger partial charge in [0.05, 0.1) is 5.52 Å². The van der Waals surface area contributed by atoms with Crippen LogP contribution in [0, 0.1) is 11.8 Å². The first-order valence-corrected chi connectivity index (χ1v) is 13.2. The molecule has 1 aromatic heterocycles. The molecule has 184 valence electrons. The van der Waals surface area contributed by atoms with Crippen molar-refractivity contribution in [1.29, 1.82) is 0 Å². The van der Waals surface area contributed by atoms with E-state index >= 15 is 0 Å². The van der Waals surface area contributed by atoms with Crippen molar-refractivity contribution in [3.8, 4) is 0 Å². The van der Waals surface area contributed by atoms with Crippen molar-refractivity contribution in [3.05, 3.63) is 66.7 Å². The highest BCUT2D eigenvalue weighted by Crippen LogP contribution is 2.28. The first kappa shape index (κ1) is 24.8. The third-order valence-corrected chi connectivity index (χ3v) is 7.42. The van der Waals surface area contributed by atoms with Crippen molar-refractivity contribution < 1.29 is 13.0 Å². The van der Waals surface area contributed by atoms with Gasteiger partial charge in [-0.15, -0.1) is 0 Å². The lowest BCUT2D eigenvalue weighted by Crippen LogP contribution is -2.25. The Labute approximate surface area is 205 Å². The molecular formula is C26H31N5O3S. The fourth-order valence-corrected chi connectivity index (χ4v) is 5.22. The number of fused-ring (bicyclic) bond motifs is 2. The van der Waals surface area contributed by atoms with Crippen LogP contribution in [-0.2, 0) is 10.1 Å². The molecule has 6 N–H and O–H groups in total. The van der Waals surface area contributed by atoms with E-state index in [4.69, 9.17) is 16.0 Å². The smallest absolute Gasteiger partial charge is 0.295 e. The number of hydrogen-bond acceptors (Lipinski definition) is 7. The number of nitrogens with two attached hydrogens (primary N) is 2. The van der Waals surface area contributed by atoms with Gasteiger partial charge in [-0.05, 0) is 67.6 Å². The Morgan fingerprint density at radius 2 is 1.49 bits per heavy atom. The van der Waals surface area contributed by atoms with Crippen molar-refractivity contribution >= 4 is 43.6 Å². The third kappa shape index (κ3) is 6.25. The number of benzene rings is 3. The van der Waals surface area contributed by atoms with Gasteiger partial charge in [-0.2, -0.15) is 13.4 Å². The van der Waals surface area contributed by atoms with Gasteiger partial charge < -0.3 is 16.8 Å². The Bertz CT molecular complexity index is 1400. The molecule has 3 aromatic carbocycles. The zero-order chi connectivity index (χ0) is 24.8. The molecule has 1 heterocycles. The molecule has 0 bridgehead atoms. The van der Waals surface area contributed by atoms with Crippen LogP contribution < -0.4 is 16.8 Å². The predicted molar refractivity (Wildman–Crippen MR) is 141 cm³/mol. The summed E-state index contributed by atoms with van der Waals surface area (Å²) in [5, 5.41) is 5.59. The fraction of sp³-hybridized carbons (Fsp3) is 0.308. The maximum Gasteiger partial charge on any atom is 0.295 e. The number of nitrogens with one attached hydrogen (secondary N) is 1. The molecule has 0 spiro atoms. The standard InChI is InChI=1S/C16H23N5.C10H8O3S/c17-9-11-5-7-12(8-6-11)10-19-16-20-14-4-2-1-3-13(14)15(18)21-16;11-14(12,13)10-7-3-5-8-4-1-2-6-9(8)10/h1-4,11-12H,5-10,17H2,(H3,18,19,20,21);1-7H,(H,11,12,13). The minimum atomic E-state index is -4.13. The van der Waals surface area contributed by atoms with Crippen LogP contribution >= 0.6 is 0 Å². The molecule has 1 fully saturated rings. The molecule has 0 amide bonds. The molecule has 9 heteroatoms. The van der Waals surface area contributed by atoms with Gasteiger partial charge in [-0.3, -0.25) is 4.55 Å². The molecule has 35 heavy (non-hydrogen) atoms. The van der Waals surface area contributed by atoms with Gasteiger partial charge in [0, 0.05) is 17.3 Å². The average Bonchev–Trinajstić information content (AvgIpc) is 2.87. The maximum absolute atomic E-state index is 11.0. The Kier molecular flexibility index (Phi) is 7.80. The summed E-state index contributed by atoms with van der Waals surface area (Å²) in [6.45, 7) is 1.74. The van der Waals surface area contributed by atoms with Gasteiger partial charge in [0.15, 0.2) is 0 Å². The SMILES string of the molecule is NCC1CCC(CNc2nc(N)c3ccccc3n2)CC1.O=S(=O)(O)c1cccc2ccccc12. The summed E-state index contributed by atoms with van der Waals surface area (Å²) < 4.78 is 31.0. The molecule has 0 aliphatic heterocycles. The van der Waals surface area contributed by atoms with E-state index in [1.165, 1.54) is 31.7 Å². The van der Waals surface area contributed by atoms with Gasteiger partial charge >= 0.3 is 0 Å². The van der Waals surface area contributed by atoms with E-state index in [2.05, 4.69) is 15.3 Å². The molecule has 0 saturated heterocycles. The number of rotatable bonds is 5.